The van der Waals surface area contributed by atoms with E-state index in [0.29, 0.717) is 30.2 Å². The van der Waals surface area contributed by atoms with Crippen LogP contribution in [-0.2, 0) is 16.1 Å². The Balaban J connectivity index is 1.40. The first kappa shape index (κ1) is 15.6. The third-order valence-electron chi connectivity index (χ3n) is 5.33. The van der Waals surface area contributed by atoms with Crippen LogP contribution in [0.2, 0.25) is 5.02 Å². The van der Waals surface area contributed by atoms with Gasteiger partial charge in [-0.3, -0.25) is 9.59 Å². The van der Waals surface area contributed by atoms with Crippen LogP contribution in [0.3, 0.4) is 0 Å². The Bertz CT molecular complexity index is 785. The summed E-state index contributed by atoms with van der Waals surface area (Å²) in [5.41, 5.74) is 1.61. The van der Waals surface area contributed by atoms with Crippen LogP contribution in [0, 0.1) is 17.8 Å². The topological polar surface area (TPSA) is 63.5 Å². The maximum atomic E-state index is 12.5. The predicted molar refractivity (Wildman–Crippen MR) is 90.6 cm³/mol. The predicted octanol–water partition coefficient (Wildman–Crippen LogP) is 3.00. The number of carbonyl (C=O) groups is 2. The van der Waals surface area contributed by atoms with Gasteiger partial charge in [-0.1, -0.05) is 18.0 Å². The summed E-state index contributed by atoms with van der Waals surface area (Å²) in [4.78, 5) is 29.1. The smallest absolute Gasteiger partial charge is 0.223 e. The number of pyridine rings is 1. The van der Waals surface area contributed by atoms with Gasteiger partial charge in [-0.15, -0.1) is 0 Å². The van der Waals surface area contributed by atoms with E-state index in [1.165, 1.54) is 0 Å². The molecule has 2 bridgehead atoms. The molecule has 1 N–H and O–H groups in total. The monoisotopic (exact) mass is 345 g/mol. The van der Waals surface area contributed by atoms with Crippen LogP contribution in [0.15, 0.2) is 24.5 Å². The largest absolute Gasteiger partial charge is 0.350 e. The summed E-state index contributed by atoms with van der Waals surface area (Å²) in [6.07, 6.45) is 8.12. The van der Waals surface area contributed by atoms with Gasteiger partial charge in [-0.25, -0.2) is 4.98 Å². The number of rotatable bonds is 3. The van der Waals surface area contributed by atoms with Crippen LogP contribution in [0.25, 0.3) is 5.65 Å². The molecule has 2 aliphatic carbocycles. The van der Waals surface area contributed by atoms with Gasteiger partial charge in [0.05, 0.1) is 17.3 Å². The first-order chi connectivity index (χ1) is 11.6. The number of halogens is 1. The van der Waals surface area contributed by atoms with Gasteiger partial charge in [0.2, 0.25) is 5.91 Å². The van der Waals surface area contributed by atoms with Gasteiger partial charge in [-0.2, -0.15) is 0 Å². The molecule has 6 heteroatoms. The highest BCUT2D eigenvalue weighted by atomic mass is 35.5. The minimum atomic E-state index is -0.0375. The normalized spacial score (nSPS) is 26.5. The molecule has 1 amide bonds. The molecule has 3 atom stereocenters. The second-order valence-corrected chi connectivity index (χ2v) is 7.39. The fraction of sp³-hybridized carbons (Fsp3) is 0.500. The van der Waals surface area contributed by atoms with Crippen molar-refractivity contribution in [2.45, 2.75) is 38.6 Å². The minimum absolute atomic E-state index is 0.0375. The molecule has 0 spiro atoms. The van der Waals surface area contributed by atoms with Crippen molar-refractivity contribution in [1.29, 1.82) is 0 Å². The number of Topliss-reactive ketones (excluding diaryl/α,β-unsaturated/α-hetero) is 1. The van der Waals surface area contributed by atoms with Gasteiger partial charge in [0.1, 0.15) is 11.4 Å². The lowest BCUT2D eigenvalue weighted by molar-refractivity contribution is -0.137. The summed E-state index contributed by atoms with van der Waals surface area (Å²) in [5.74, 6) is 0.609. The van der Waals surface area contributed by atoms with E-state index in [0.717, 1.165) is 30.6 Å². The summed E-state index contributed by atoms with van der Waals surface area (Å²) < 4.78 is 1.85. The van der Waals surface area contributed by atoms with E-state index in [9.17, 15) is 9.59 Å². The van der Waals surface area contributed by atoms with Crippen LogP contribution in [-0.4, -0.2) is 21.1 Å². The second kappa shape index (κ2) is 6.20. The highest BCUT2D eigenvalue weighted by Gasteiger charge is 2.41. The lowest BCUT2D eigenvalue weighted by Gasteiger charge is -2.36. The van der Waals surface area contributed by atoms with Crippen molar-refractivity contribution in [2.75, 3.05) is 0 Å². The van der Waals surface area contributed by atoms with Gasteiger partial charge in [0, 0.05) is 30.1 Å². The number of ketones is 1. The highest BCUT2D eigenvalue weighted by Crippen LogP contribution is 2.40. The van der Waals surface area contributed by atoms with Crippen molar-refractivity contribution < 1.29 is 9.59 Å². The maximum Gasteiger partial charge on any atom is 0.223 e. The molecule has 1 unspecified atom stereocenters. The van der Waals surface area contributed by atoms with Gasteiger partial charge in [0.15, 0.2) is 0 Å². The first-order valence-corrected chi connectivity index (χ1v) is 8.92. The van der Waals surface area contributed by atoms with Crippen LogP contribution in [0.5, 0.6) is 0 Å². The van der Waals surface area contributed by atoms with Crippen LogP contribution in [0.4, 0.5) is 0 Å². The molecular weight excluding hydrogens is 326 g/mol. The fourth-order valence-electron chi connectivity index (χ4n) is 4.12. The van der Waals surface area contributed by atoms with E-state index in [4.69, 9.17) is 11.6 Å². The Kier molecular flexibility index (Phi) is 4.04. The molecule has 126 valence electrons. The van der Waals surface area contributed by atoms with Crippen molar-refractivity contribution in [3.8, 4) is 0 Å². The summed E-state index contributed by atoms with van der Waals surface area (Å²) in [6, 6.07) is 3.64. The third kappa shape index (κ3) is 2.93. The zero-order valence-electron chi connectivity index (χ0n) is 13.4. The number of hydrogen-bond acceptors (Lipinski definition) is 3. The van der Waals surface area contributed by atoms with Gasteiger partial charge in [0.25, 0.3) is 0 Å². The highest BCUT2D eigenvalue weighted by molar-refractivity contribution is 6.30. The van der Waals surface area contributed by atoms with Gasteiger partial charge in [-0.05, 0) is 37.8 Å². The van der Waals surface area contributed by atoms with Crippen LogP contribution in [0.1, 0.15) is 37.8 Å². The molecule has 2 fully saturated rings. The van der Waals surface area contributed by atoms with E-state index in [2.05, 4.69) is 10.3 Å². The molecular formula is C18H20ClN3O2. The molecule has 0 aliphatic heterocycles. The quantitative estimate of drug-likeness (QED) is 0.930. The molecule has 2 aromatic rings. The fourth-order valence-corrected chi connectivity index (χ4v) is 4.29. The number of nitrogens with zero attached hydrogens (tertiary/aromatic N) is 2. The molecule has 4 rings (SSSR count). The number of carbonyl (C=O) groups excluding carboxylic acids is 2. The van der Waals surface area contributed by atoms with E-state index < -0.39 is 0 Å². The molecule has 24 heavy (non-hydrogen) atoms. The number of amides is 1. The average molecular weight is 346 g/mol. The second-order valence-electron chi connectivity index (χ2n) is 6.96. The SMILES string of the molecule is O=C(NCc1cn2cc(Cl)ccc2n1)C1C[C@H]2CCC[C@@H](C1)C2=O. The summed E-state index contributed by atoms with van der Waals surface area (Å²) in [7, 11) is 0. The molecule has 0 saturated heterocycles. The minimum Gasteiger partial charge on any atom is -0.350 e. The van der Waals surface area contributed by atoms with Crippen molar-refractivity contribution in [1.82, 2.24) is 14.7 Å². The van der Waals surface area contributed by atoms with Crippen molar-refractivity contribution >= 4 is 28.9 Å². The maximum absolute atomic E-state index is 12.5. The number of nitrogens with one attached hydrogen (secondary N) is 1. The van der Waals surface area contributed by atoms with Crippen molar-refractivity contribution in [3.63, 3.8) is 0 Å². The standard InChI is InChI=1S/C18H20ClN3O2/c19-14-4-5-16-21-15(10-22(16)9-14)8-20-18(24)13-6-11-2-1-3-12(7-13)17(11)23/h4-5,9-13H,1-3,6-8H2,(H,20,24)/t11-,12+,13?. The molecule has 2 aliphatic rings. The molecule has 2 saturated carbocycles. The molecule has 2 aromatic heterocycles. The van der Waals surface area contributed by atoms with E-state index >= 15 is 0 Å². The average Bonchev–Trinajstić information content (AvgIpc) is 2.94. The zero-order valence-corrected chi connectivity index (χ0v) is 14.1. The first-order valence-electron chi connectivity index (χ1n) is 8.55. The van der Waals surface area contributed by atoms with Gasteiger partial charge >= 0.3 is 0 Å². The van der Waals surface area contributed by atoms with Gasteiger partial charge < -0.3 is 9.72 Å². The Hall–Kier alpha value is -1.88. The number of imidazole rings is 1. The molecule has 2 heterocycles. The Morgan fingerprint density at radius 2 is 2.00 bits per heavy atom. The van der Waals surface area contributed by atoms with E-state index in [1.807, 2.05) is 16.7 Å². The number of aromatic nitrogens is 2. The summed E-state index contributed by atoms with van der Waals surface area (Å²) in [5, 5.41) is 3.64. The summed E-state index contributed by atoms with van der Waals surface area (Å²) >= 11 is 5.97. The van der Waals surface area contributed by atoms with Crippen LogP contribution >= 0.6 is 11.6 Å². The van der Waals surface area contributed by atoms with Crippen molar-refractivity contribution in [2.24, 2.45) is 17.8 Å². The van der Waals surface area contributed by atoms with Crippen LogP contribution < -0.4 is 5.32 Å². The lowest BCUT2D eigenvalue weighted by atomic mass is 9.67. The zero-order chi connectivity index (χ0) is 16.7. The number of fused-ring (bicyclic) bond motifs is 3. The molecule has 0 radical (unpaired) electrons. The van der Waals surface area contributed by atoms with E-state index in [1.54, 1.807) is 12.3 Å². The summed E-state index contributed by atoms with van der Waals surface area (Å²) in [6.45, 7) is 0.401. The van der Waals surface area contributed by atoms with E-state index in [-0.39, 0.29) is 23.7 Å². The Morgan fingerprint density at radius 1 is 1.25 bits per heavy atom. The third-order valence-corrected chi connectivity index (χ3v) is 5.55. The lowest BCUT2D eigenvalue weighted by Crippen LogP contribution is -2.42. The molecule has 5 nitrogen and oxygen atoms in total. The Labute approximate surface area is 145 Å². The Morgan fingerprint density at radius 3 is 2.75 bits per heavy atom. The van der Waals surface area contributed by atoms with Crippen molar-refractivity contribution in [3.05, 3.63) is 35.2 Å². The number of hydrogen-bond donors (Lipinski definition) is 1. The molecule has 0 aromatic carbocycles.